The summed E-state index contributed by atoms with van der Waals surface area (Å²) in [5, 5.41) is 11.7. The summed E-state index contributed by atoms with van der Waals surface area (Å²) in [6, 6.07) is 3.43. The van der Waals surface area contributed by atoms with Gasteiger partial charge in [-0.05, 0) is 30.0 Å². The number of pyridine rings is 1. The van der Waals surface area contributed by atoms with Gasteiger partial charge in [0.2, 0.25) is 0 Å². The topological polar surface area (TPSA) is 122 Å². The number of hydrogen-bond donors (Lipinski definition) is 0. The molecule has 0 N–H and O–H groups in total. The molecule has 1 saturated heterocycles. The number of nitrogens with zero attached hydrogens (tertiary/aromatic N) is 8. The first-order valence-electron chi connectivity index (χ1n) is 9.87. The molecule has 0 bridgehead atoms. The summed E-state index contributed by atoms with van der Waals surface area (Å²) in [6.07, 6.45) is 0.102. The number of ether oxygens (including phenoxy) is 1. The third kappa shape index (κ3) is 5.08. The number of azide groups is 1. The summed E-state index contributed by atoms with van der Waals surface area (Å²) in [4.78, 5) is 20.6. The number of alkyl halides is 2. The average molecular weight is 434 g/mol. The summed E-state index contributed by atoms with van der Waals surface area (Å²) >= 11 is 0. The molecule has 0 saturated carbocycles. The van der Waals surface area contributed by atoms with Crippen LogP contribution in [0.25, 0.3) is 21.8 Å². The van der Waals surface area contributed by atoms with Crippen molar-refractivity contribution in [1.29, 1.82) is 0 Å². The molecule has 1 fully saturated rings. The minimum Gasteiger partial charge on any atom is -0.469 e. The number of halogens is 2. The molecule has 1 atom stereocenters. The molecular formula is C19H24F2N8O2. The highest BCUT2D eigenvalue weighted by Crippen LogP contribution is 2.36. The van der Waals surface area contributed by atoms with Gasteiger partial charge in [-0.3, -0.25) is 9.48 Å². The fourth-order valence-electron chi connectivity index (χ4n) is 3.87. The number of methoxy groups -OCH3 is 1. The fraction of sp³-hybridized carbons (Fsp3) is 0.579. The molecule has 0 radical (unpaired) electrons. The van der Waals surface area contributed by atoms with Crippen molar-refractivity contribution in [3.8, 4) is 11.4 Å². The van der Waals surface area contributed by atoms with Gasteiger partial charge in [0.05, 0.1) is 49.4 Å². The first-order valence-corrected chi connectivity index (χ1v) is 9.87. The highest BCUT2D eigenvalue weighted by atomic mass is 19.3. The highest BCUT2D eigenvalue weighted by molar-refractivity contribution is 5.70. The van der Waals surface area contributed by atoms with Crippen molar-refractivity contribution < 1.29 is 18.3 Å². The van der Waals surface area contributed by atoms with E-state index >= 15 is 0 Å². The quantitative estimate of drug-likeness (QED) is 0.285. The van der Waals surface area contributed by atoms with Crippen LogP contribution in [-0.4, -0.2) is 52.1 Å². The molecule has 2 aromatic rings. The first kappa shape index (κ1) is 22.4. The van der Waals surface area contributed by atoms with Crippen molar-refractivity contribution in [1.82, 2.24) is 20.0 Å². The van der Waals surface area contributed by atoms with E-state index in [0.717, 1.165) is 0 Å². The lowest BCUT2D eigenvalue weighted by Gasteiger charge is -2.39. The SMILES string of the molecule is CCc1nc(-c2nnn(C)c2CN=[N+]=[N-])ccc1N1CC(CC(=O)OC)CC(F)(F)C1. The van der Waals surface area contributed by atoms with Gasteiger partial charge < -0.3 is 9.64 Å². The van der Waals surface area contributed by atoms with Crippen molar-refractivity contribution in [3.63, 3.8) is 0 Å². The lowest BCUT2D eigenvalue weighted by molar-refractivity contribution is -0.142. The Hall–Kier alpha value is -3.27. The normalized spacial score (nSPS) is 17.8. The predicted molar refractivity (Wildman–Crippen MR) is 108 cm³/mol. The minimum absolute atomic E-state index is 0.0576. The summed E-state index contributed by atoms with van der Waals surface area (Å²) in [7, 11) is 2.94. The molecule has 10 nitrogen and oxygen atoms in total. The third-order valence-corrected chi connectivity index (χ3v) is 5.27. The van der Waals surface area contributed by atoms with E-state index in [1.54, 1.807) is 24.1 Å². The van der Waals surface area contributed by atoms with Gasteiger partial charge in [0.1, 0.15) is 5.69 Å². The Bertz CT molecular complexity index is 1000. The van der Waals surface area contributed by atoms with Crippen LogP contribution in [0.2, 0.25) is 0 Å². The molecule has 12 heteroatoms. The first-order chi connectivity index (χ1) is 14.8. The number of rotatable bonds is 7. The van der Waals surface area contributed by atoms with Crippen molar-refractivity contribution in [3.05, 3.63) is 34.0 Å². The zero-order valence-electron chi connectivity index (χ0n) is 17.6. The van der Waals surface area contributed by atoms with Crippen LogP contribution < -0.4 is 4.90 Å². The maximum Gasteiger partial charge on any atom is 0.305 e. The summed E-state index contributed by atoms with van der Waals surface area (Å²) in [5.41, 5.74) is 11.4. The second-order valence-electron chi connectivity index (χ2n) is 7.50. The Balaban J connectivity index is 1.93. The van der Waals surface area contributed by atoms with Crippen LogP contribution in [0.4, 0.5) is 14.5 Å². The van der Waals surface area contributed by atoms with E-state index in [2.05, 4.69) is 30.1 Å². The molecule has 166 valence electrons. The van der Waals surface area contributed by atoms with Crippen LogP contribution >= 0.6 is 0 Å². The summed E-state index contributed by atoms with van der Waals surface area (Å²) < 4.78 is 35.0. The second kappa shape index (κ2) is 9.25. The molecule has 1 unspecified atom stereocenters. The number of hydrogen-bond acceptors (Lipinski definition) is 7. The largest absolute Gasteiger partial charge is 0.469 e. The van der Waals surface area contributed by atoms with Gasteiger partial charge in [0, 0.05) is 24.9 Å². The van der Waals surface area contributed by atoms with Gasteiger partial charge >= 0.3 is 5.97 Å². The standard InChI is InChI=1S/C19H24F2N8O2/c1-4-13-15(29-10-12(7-17(30)31-3)8-19(20,21)11-29)6-5-14(24-13)18-16(9-23-26-22)28(2)27-25-18/h5-6,12H,4,7-11H2,1-3H3. The van der Waals surface area contributed by atoms with Crippen LogP contribution in [0.3, 0.4) is 0 Å². The minimum atomic E-state index is -2.92. The molecule has 31 heavy (non-hydrogen) atoms. The monoisotopic (exact) mass is 434 g/mol. The molecule has 0 aromatic carbocycles. The van der Waals surface area contributed by atoms with Gasteiger partial charge in [0.15, 0.2) is 0 Å². The van der Waals surface area contributed by atoms with Crippen molar-refractivity contribution in [2.75, 3.05) is 25.1 Å². The van der Waals surface area contributed by atoms with E-state index in [1.807, 2.05) is 6.92 Å². The number of aryl methyl sites for hydroxylation is 2. The molecule has 3 rings (SSSR count). The summed E-state index contributed by atoms with van der Waals surface area (Å²) in [6.45, 7) is 1.83. The Morgan fingerprint density at radius 2 is 2.23 bits per heavy atom. The summed E-state index contributed by atoms with van der Waals surface area (Å²) in [5.74, 6) is -3.94. The third-order valence-electron chi connectivity index (χ3n) is 5.27. The van der Waals surface area contributed by atoms with E-state index in [9.17, 15) is 13.6 Å². The van der Waals surface area contributed by atoms with Crippen LogP contribution in [-0.2, 0) is 29.5 Å². The molecular weight excluding hydrogens is 410 g/mol. The number of carbonyl (C=O) groups excluding carboxylic acids is 1. The van der Waals surface area contributed by atoms with Gasteiger partial charge in [-0.15, -0.1) is 5.10 Å². The number of anilines is 1. The van der Waals surface area contributed by atoms with E-state index < -0.39 is 24.4 Å². The van der Waals surface area contributed by atoms with Crippen LogP contribution in [0, 0.1) is 5.92 Å². The van der Waals surface area contributed by atoms with Gasteiger partial charge in [0.25, 0.3) is 5.92 Å². The molecule has 3 heterocycles. The molecule has 1 aliphatic heterocycles. The molecule has 0 amide bonds. The fourth-order valence-corrected chi connectivity index (χ4v) is 3.87. The van der Waals surface area contributed by atoms with Crippen molar-refractivity contribution in [2.45, 2.75) is 38.7 Å². The van der Waals surface area contributed by atoms with Crippen LogP contribution in [0.15, 0.2) is 17.2 Å². The number of esters is 1. The Labute approximate surface area is 177 Å². The van der Waals surface area contributed by atoms with Crippen molar-refractivity contribution in [2.24, 2.45) is 18.1 Å². The second-order valence-corrected chi connectivity index (χ2v) is 7.50. The zero-order valence-corrected chi connectivity index (χ0v) is 17.6. The number of carbonyl (C=O) groups is 1. The maximum atomic E-state index is 14.4. The lowest BCUT2D eigenvalue weighted by Crippen LogP contribution is -2.48. The van der Waals surface area contributed by atoms with Gasteiger partial charge in [-0.1, -0.05) is 17.3 Å². The lowest BCUT2D eigenvalue weighted by atomic mass is 9.91. The Morgan fingerprint density at radius 1 is 1.45 bits per heavy atom. The molecule has 0 spiro atoms. The van der Waals surface area contributed by atoms with E-state index in [0.29, 0.717) is 41.4 Å². The Morgan fingerprint density at radius 3 is 2.90 bits per heavy atom. The Kier molecular flexibility index (Phi) is 6.69. The van der Waals surface area contributed by atoms with Gasteiger partial charge in [-0.25, -0.2) is 13.8 Å². The zero-order chi connectivity index (χ0) is 22.6. The number of piperidine rings is 1. The van der Waals surface area contributed by atoms with Crippen LogP contribution in [0.5, 0.6) is 0 Å². The number of aromatic nitrogens is 4. The molecule has 2 aromatic heterocycles. The maximum absolute atomic E-state index is 14.4. The molecule has 1 aliphatic rings. The van der Waals surface area contributed by atoms with E-state index in [-0.39, 0.29) is 19.4 Å². The van der Waals surface area contributed by atoms with Crippen molar-refractivity contribution >= 4 is 11.7 Å². The van der Waals surface area contributed by atoms with Crippen LogP contribution in [0.1, 0.15) is 31.2 Å². The van der Waals surface area contributed by atoms with Gasteiger partial charge in [-0.2, -0.15) is 0 Å². The van der Waals surface area contributed by atoms with E-state index in [4.69, 9.17) is 5.53 Å². The molecule has 0 aliphatic carbocycles. The highest BCUT2D eigenvalue weighted by Gasteiger charge is 2.41. The smallest absolute Gasteiger partial charge is 0.305 e. The average Bonchev–Trinajstić information content (AvgIpc) is 3.10. The predicted octanol–water partition coefficient (Wildman–Crippen LogP) is 3.27. The van der Waals surface area contributed by atoms with E-state index in [1.165, 1.54) is 11.8 Å².